The van der Waals surface area contributed by atoms with Gasteiger partial charge in [-0.1, -0.05) is 25.7 Å². The first kappa shape index (κ1) is 22.8. The van der Waals surface area contributed by atoms with Gasteiger partial charge in [-0.05, 0) is 74.0 Å². The zero-order chi connectivity index (χ0) is 19.8. The van der Waals surface area contributed by atoms with Gasteiger partial charge in [-0.2, -0.15) is 23.5 Å². The molecule has 0 aromatic rings. The zero-order valence-corrected chi connectivity index (χ0v) is 19.2. The fourth-order valence-corrected chi connectivity index (χ4v) is 7.86. The molecule has 0 aromatic carbocycles. The predicted molar refractivity (Wildman–Crippen MR) is 119 cm³/mol. The number of hydrogen-bond acceptors (Lipinski definition) is 5. The Bertz CT molecular complexity index is 469. The maximum absolute atomic E-state index is 11.4. The van der Waals surface area contributed by atoms with Crippen LogP contribution >= 0.6 is 23.5 Å². The van der Waals surface area contributed by atoms with Crippen molar-refractivity contribution in [3.8, 4) is 0 Å². The topological polar surface area (TPSA) is 49.8 Å². The molecule has 2 saturated heterocycles. The minimum Gasteiger partial charge on any atom is -0.374 e. The van der Waals surface area contributed by atoms with E-state index < -0.39 is 0 Å². The molecule has 28 heavy (non-hydrogen) atoms. The molecule has 0 aromatic heterocycles. The Morgan fingerprint density at radius 3 is 2.43 bits per heavy atom. The van der Waals surface area contributed by atoms with Gasteiger partial charge in [0.1, 0.15) is 0 Å². The van der Waals surface area contributed by atoms with Crippen LogP contribution < -0.4 is 0 Å². The van der Waals surface area contributed by atoms with Crippen molar-refractivity contribution in [3.05, 3.63) is 0 Å². The van der Waals surface area contributed by atoms with Crippen molar-refractivity contribution in [1.29, 1.82) is 0 Å². The van der Waals surface area contributed by atoms with Crippen LogP contribution in [0.2, 0.25) is 0 Å². The molecule has 2 heterocycles. The lowest BCUT2D eigenvalue weighted by Crippen LogP contribution is -2.29. The van der Waals surface area contributed by atoms with Gasteiger partial charge in [0.2, 0.25) is 5.91 Å². The van der Waals surface area contributed by atoms with Crippen LogP contribution in [-0.2, 0) is 9.53 Å². The van der Waals surface area contributed by atoms with E-state index in [9.17, 15) is 4.79 Å². The molecule has 4 unspecified atom stereocenters. The second-order valence-corrected chi connectivity index (χ2v) is 11.4. The summed E-state index contributed by atoms with van der Waals surface area (Å²) in [5.41, 5.74) is 0. The van der Waals surface area contributed by atoms with Crippen molar-refractivity contribution < 1.29 is 14.7 Å². The SMILES string of the molecule is CN(O)C(=O)CCCCSCC1C2CCC(O2)C1CCSC1CCCCCC1. The quantitative estimate of drug-likeness (QED) is 0.207. The monoisotopic (exact) mass is 429 g/mol. The Labute approximate surface area is 179 Å². The number of carbonyl (C=O) groups is 1. The summed E-state index contributed by atoms with van der Waals surface area (Å²) in [5, 5.41) is 10.7. The van der Waals surface area contributed by atoms with E-state index in [4.69, 9.17) is 9.94 Å². The number of nitrogens with zero attached hydrogens (tertiary/aromatic N) is 1. The number of thioether (sulfide) groups is 2. The average molecular weight is 430 g/mol. The number of hydroxylamine groups is 2. The molecule has 6 heteroatoms. The highest BCUT2D eigenvalue weighted by molar-refractivity contribution is 7.99. The normalized spacial score (nSPS) is 30.5. The molecule has 1 amide bonds. The van der Waals surface area contributed by atoms with Crippen LogP contribution in [0.4, 0.5) is 0 Å². The highest BCUT2D eigenvalue weighted by Crippen LogP contribution is 2.47. The van der Waals surface area contributed by atoms with Gasteiger partial charge in [0, 0.05) is 18.7 Å². The van der Waals surface area contributed by atoms with E-state index in [-0.39, 0.29) is 5.91 Å². The van der Waals surface area contributed by atoms with Crippen molar-refractivity contribution in [2.75, 3.05) is 24.3 Å². The molecule has 0 spiro atoms. The minimum atomic E-state index is -0.183. The number of amides is 1. The lowest BCUT2D eigenvalue weighted by molar-refractivity contribution is -0.159. The van der Waals surface area contributed by atoms with Gasteiger partial charge in [-0.25, -0.2) is 5.06 Å². The molecule has 1 saturated carbocycles. The smallest absolute Gasteiger partial charge is 0.245 e. The first-order chi connectivity index (χ1) is 13.6. The first-order valence-corrected chi connectivity index (χ1v) is 13.7. The maximum Gasteiger partial charge on any atom is 0.245 e. The third kappa shape index (κ3) is 6.82. The van der Waals surface area contributed by atoms with Crippen molar-refractivity contribution in [1.82, 2.24) is 5.06 Å². The standard InChI is InChI=1S/C22H39NO3S2/c1-23(25)22(24)10-6-7-14-27-16-19-18(20-11-12-21(19)26-20)13-15-28-17-8-4-2-3-5-9-17/h17-21,25H,2-16H2,1H3. The summed E-state index contributed by atoms with van der Waals surface area (Å²) in [5.74, 6) is 4.98. The molecule has 4 nitrogen and oxygen atoms in total. The van der Waals surface area contributed by atoms with Crippen molar-refractivity contribution in [3.63, 3.8) is 0 Å². The molecule has 3 aliphatic rings. The molecule has 2 bridgehead atoms. The van der Waals surface area contributed by atoms with Crippen molar-refractivity contribution >= 4 is 29.4 Å². The second kappa shape index (κ2) is 12.1. The number of hydrogen-bond donors (Lipinski definition) is 1. The highest BCUT2D eigenvalue weighted by atomic mass is 32.2. The summed E-state index contributed by atoms with van der Waals surface area (Å²) in [6.45, 7) is 0. The van der Waals surface area contributed by atoms with Crippen LogP contribution in [-0.4, -0.2) is 57.9 Å². The number of carbonyl (C=O) groups excluding carboxylic acids is 1. The molecule has 1 aliphatic carbocycles. The van der Waals surface area contributed by atoms with Crippen LogP contribution in [0.1, 0.15) is 77.0 Å². The molecule has 3 rings (SSSR count). The van der Waals surface area contributed by atoms with Crippen LogP contribution in [0.25, 0.3) is 0 Å². The van der Waals surface area contributed by atoms with Gasteiger partial charge >= 0.3 is 0 Å². The lowest BCUT2D eigenvalue weighted by Gasteiger charge is -2.28. The molecule has 1 N–H and O–H groups in total. The van der Waals surface area contributed by atoms with E-state index in [2.05, 4.69) is 11.8 Å². The Balaban J connectivity index is 1.32. The number of rotatable bonds is 11. The largest absolute Gasteiger partial charge is 0.374 e. The minimum absolute atomic E-state index is 0.183. The first-order valence-electron chi connectivity index (χ1n) is 11.5. The number of ether oxygens (including phenoxy) is 1. The zero-order valence-electron chi connectivity index (χ0n) is 17.5. The van der Waals surface area contributed by atoms with Crippen LogP contribution in [0, 0.1) is 11.8 Å². The Morgan fingerprint density at radius 2 is 1.71 bits per heavy atom. The molecular formula is C22H39NO3S2. The summed E-state index contributed by atoms with van der Waals surface area (Å²) in [7, 11) is 1.40. The van der Waals surface area contributed by atoms with Gasteiger partial charge in [-0.15, -0.1) is 0 Å². The predicted octanol–water partition coefficient (Wildman–Crippen LogP) is 5.38. The molecule has 162 valence electrons. The molecule has 2 aliphatic heterocycles. The van der Waals surface area contributed by atoms with Gasteiger partial charge < -0.3 is 4.74 Å². The van der Waals surface area contributed by atoms with Crippen molar-refractivity contribution in [2.45, 2.75) is 94.5 Å². The van der Waals surface area contributed by atoms with Crippen molar-refractivity contribution in [2.24, 2.45) is 11.8 Å². The number of fused-ring (bicyclic) bond motifs is 2. The van der Waals surface area contributed by atoms with Gasteiger partial charge in [0.25, 0.3) is 0 Å². The van der Waals surface area contributed by atoms with E-state index in [0.29, 0.717) is 23.7 Å². The third-order valence-corrected chi connectivity index (χ3v) is 9.41. The van der Waals surface area contributed by atoms with Crippen LogP contribution in [0.5, 0.6) is 0 Å². The summed E-state index contributed by atoms with van der Waals surface area (Å²) in [6, 6.07) is 0. The van der Waals surface area contributed by atoms with E-state index in [1.165, 1.54) is 76.3 Å². The van der Waals surface area contributed by atoms with Crippen LogP contribution in [0.3, 0.4) is 0 Å². The fourth-order valence-electron chi connectivity index (χ4n) is 5.14. The third-order valence-electron chi connectivity index (χ3n) is 6.80. The summed E-state index contributed by atoms with van der Waals surface area (Å²) < 4.78 is 6.30. The lowest BCUT2D eigenvalue weighted by atomic mass is 9.79. The van der Waals surface area contributed by atoms with E-state index in [1.54, 1.807) is 0 Å². The molecule has 0 radical (unpaired) electrons. The van der Waals surface area contributed by atoms with Gasteiger partial charge in [-0.3, -0.25) is 10.0 Å². The Hall–Kier alpha value is 0.0900. The Morgan fingerprint density at radius 1 is 1.00 bits per heavy atom. The van der Waals surface area contributed by atoms with E-state index >= 15 is 0 Å². The second-order valence-electron chi connectivity index (χ2n) is 8.84. The maximum atomic E-state index is 11.4. The highest BCUT2D eigenvalue weighted by Gasteiger charge is 2.47. The average Bonchev–Trinajstić information content (AvgIpc) is 3.18. The summed E-state index contributed by atoms with van der Waals surface area (Å²) in [4.78, 5) is 11.4. The summed E-state index contributed by atoms with van der Waals surface area (Å²) in [6.07, 6.45) is 15.9. The summed E-state index contributed by atoms with van der Waals surface area (Å²) >= 11 is 4.29. The van der Waals surface area contributed by atoms with E-state index in [0.717, 1.165) is 35.7 Å². The molecule has 3 fully saturated rings. The van der Waals surface area contributed by atoms with Gasteiger partial charge in [0.05, 0.1) is 12.2 Å². The Kier molecular flexibility index (Phi) is 9.81. The fraction of sp³-hybridized carbons (Fsp3) is 0.955. The molecule has 4 atom stereocenters. The van der Waals surface area contributed by atoms with Gasteiger partial charge in [0.15, 0.2) is 0 Å². The van der Waals surface area contributed by atoms with Crippen LogP contribution in [0.15, 0.2) is 0 Å². The molecular weight excluding hydrogens is 390 g/mol. The number of unbranched alkanes of at least 4 members (excludes halogenated alkanes) is 1. The van der Waals surface area contributed by atoms with E-state index in [1.807, 2.05) is 11.8 Å².